The maximum absolute atomic E-state index is 11.3. The molecule has 0 radical (unpaired) electrons. The largest absolute Gasteiger partial charge is 0.507 e. The van der Waals surface area contributed by atoms with E-state index in [1.54, 1.807) is 6.07 Å². The van der Waals surface area contributed by atoms with Crippen molar-refractivity contribution in [2.24, 2.45) is 0 Å². The van der Waals surface area contributed by atoms with Gasteiger partial charge >= 0.3 is 0 Å². The third-order valence-corrected chi connectivity index (χ3v) is 11.3. The number of rotatable bonds is 7. The summed E-state index contributed by atoms with van der Waals surface area (Å²) in [6.45, 7) is 0. The monoisotopic (exact) mass is 756 g/mol. The highest BCUT2D eigenvalue weighted by Gasteiger charge is 2.23. The molecule has 0 aliphatic heterocycles. The maximum Gasteiger partial charge on any atom is 0.149 e. The number of aromatic nitrogens is 4. The van der Waals surface area contributed by atoms with Crippen molar-refractivity contribution in [2.45, 2.75) is 0 Å². The number of fused-ring (bicyclic) bond motifs is 4. The molecule has 0 fully saturated rings. The Bertz CT molecular complexity index is 3330. The topological polar surface area (TPSA) is 55.9 Å². The lowest BCUT2D eigenvalue weighted by Crippen LogP contribution is -2.00. The predicted molar refractivity (Wildman–Crippen MR) is 242 cm³/mol. The fourth-order valence-corrected chi connectivity index (χ4v) is 8.65. The molecule has 1 N–H and O–H groups in total. The van der Waals surface area contributed by atoms with Gasteiger partial charge in [0, 0.05) is 39.3 Å². The van der Waals surface area contributed by atoms with E-state index in [0.717, 1.165) is 88.9 Å². The van der Waals surface area contributed by atoms with Gasteiger partial charge in [-0.25, -0.2) is 4.98 Å². The number of hydrogen-bond acceptors (Lipinski definition) is 3. The van der Waals surface area contributed by atoms with Crippen molar-refractivity contribution in [3.63, 3.8) is 0 Å². The normalized spacial score (nSPS) is 11.5. The Labute approximate surface area is 341 Å². The molecule has 5 nitrogen and oxygen atoms in total. The average Bonchev–Trinajstić information content (AvgIpc) is 3.86. The molecule has 0 unspecified atom stereocenters. The van der Waals surface area contributed by atoms with Gasteiger partial charge < -0.3 is 9.67 Å². The van der Waals surface area contributed by atoms with Gasteiger partial charge in [-0.05, 0) is 89.0 Å². The number of benzene rings is 8. The first kappa shape index (κ1) is 34.2. The fourth-order valence-electron chi connectivity index (χ4n) is 8.65. The van der Waals surface area contributed by atoms with Gasteiger partial charge in [0.05, 0.1) is 39.0 Å². The molecule has 11 rings (SSSR count). The summed E-state index contributed by atoms with van der Waals surface area (Å²) in [5.74, 6) is 0.832. The second kappa shape index (κ2) is 14.2. The fraction of sp³-hybridized carbons (Fsp3) is 0. The molecule has 0 amide bonds. The van der Waals surface area contributed by atoms with Gasteiger partial charge in [-0.3, -0.25) is 9.55 Å². The molecule has 0 saturated carbocycles. The van der Waals surface area contributed by atoms with E-state index in [1.165, 1.54) is 0 Å². The number of pyridine rings is 1. The Balaban J connectivity index is 1.19. The molecule has 0 saturated heterocycles. The number of phenolic OH excluding ortho intramolecular Hbond substituents is 1. The van der Waals surface area contributed by atoms with Gasteiger partial charge in [0.2, 0.25) is 0 Å². The molecule has 3 heterocycles. The van der Waals surface area contributed by atoms with Gasteiger partial charge in [0.15, 0.2) is 0 Å². The van der Waals surface area contributed by atoms with Crippen LogP contribution in [0.15, 0.2) is 212 Å². The van der Waals surface area contributed by atoms with E-state index >= 15 is 0 Å². The van der Waals surface area contributed by atoms with Gasteiger partial charge in [-0.2, -0.15) is 0 Å². The summed E-state index contributed by atoms with van der Waals surface area (Å²) in [5.41, 5.74) is 15.0. The lowest BCUT2D eigenvalue weighted by molar-refractivity contribution is 0.477. The predicted octanol–water partition coefficient (Wildman–Crippen LogP) is 13.6. The zero-order chi connectivity index (χ0) is 39.3. The molecule has 0 bridgehead atoms. The van der Waals surface area contributed by atoms with Crippen LogP contribution in [0, 0.1) is 0 Å². The molecule has 5 heteroatoms. The molecule has 0 spiro atoms. The van der Waals surface area contributed by atoms with Crippen LogP contribution in [0.2, 0.25) is 0 Å². The van der Waals surface area contributed by atoms with Crippen molar-refractivity contribution >= 4 is 32.8 Å². The van der Waals surface area contributed by atoms with E-state index < -0.39 is 0 Å². The Morgan fingerprint density at radius 2 is 1.02 bits per heavy atom. The average molecular weight is 757 g/mol. The third-order valence-electron chi connectivity index (χ3n) is 11.3. The number of phenols is 1. The highest BCUT2D eigenvalue weighted by Crippen LogP contribution is 2.43. The number of nitrogens with zero attached hydrogens (tertiary/aromatic N) is 4. The zero-order valence-corrected chi connectivity index (χ0v) is 31.9. The van der Waals surface area contributed by atoms with Crippen LogP contribution in [0.4, 0.5) is 0 Å². The first-order valence-corrected chi connectivity index (χ1v) is 19.8. The number of hydrogen-bond donors (Lipinski definition) is 1. The summed E-state index contributed by atoms with van der Waals surface area (Å²) in [4.78, 5) is 10.6. The third kappa shape index (κ3) is 5.79. The smallest absolute Gasteiger partial charge is 0.149 e. The van der Waals surface area contributed by atoms with Gasteiger partial charge in [-0.15, -0.1) is 0 Å². The molecule has 0 aliphatic carbocycles. The Morgan fingerprint density at radius 1 is 0.407 bits per heavy atom. The van der Waals surface area contributed by atoms with E-state index in [9.17, 15) is 5.11 Å². The van der Waals surface area contributed by atoms with Crippen LogP contribution in [0.5, 0.6) is 5.75 Å². The van der Waals surface area contributed by atoms with E-state index in [1.807, 2.05) is 30.5 Å². The minimum atomic E-state index is 0.171. The van der Waals surface area contributed by atoms with Crippen molar-refractivity contribution in [1.29, 1.82) is 0 Å². The van der Waals surface area contributed by atoms with Gasteiger partial charge in [0.25, 0.3) is 0 Å². The Kier molecular flexibility index (Phi) is 8.23. The molecule has 8 aromatic carbocycles. The molecular weight excluding hydrogens is 721 g/mol. The Hall–Kier alpha value is -8.02. The van der Waals surface area contributed by atoms with Crippen LogP contribution >= 0.6 is 0 Å². The van der Waals surface area contributed by atoms with Crippen molar-refractivity contribution in [2.75, 3.05) is 0 Å². The number of aromatic hydroxyl groups is 1. The van der Waals surface area contributed by atoms with Crippen LogP contribution in [0.25, 0.3) is 100 Å². The van der Waals surface area contributed by atoms with E-state index in [2.05, 4.69) is 185 Å². The minimum Gasteiger partial charge on any atom is -0.507 e. The first-order chi connectivity index (χ1) is 29.2. The van der Waals surface area contributed by atoms with Crippen molar-refractivity contribution in [1.82, 2.24) is 19.1 Å². The first-order valence-electron chi connectivity index (χ1n) is 19.8. The summed E-state index contributed by atoms with van der Waals surface area (Å²) in [6, 6.07) is 71.2. The molecular formula is C54H36N4O. The second-order valence-electron chi connectivity index (χ2n) is 14.8. The summed E-state index contributed by atoms with van der Waals surface area (Å²) >= 11 is 0. The Morgan fingerprint density at radius 3 is 1.81 bits per heavy atom. The van der Waals surface area contributed by atoms with Crippen molar-refractivity contribution in [3.05, 3.63) is 212 Å². The van der Waals surface area contributed by atoms with Crippen molar-refractivity contribution < 1.29 is 5.11 Å². The van der Waals surface area contributed by atoms with Crippen LogP contribution in [0.3, 0.4) is 0 Å². The van der Waals surface area contributed by atoms with Gasteiger partial charge in [-0.1, -0.05) is 140 Å². The van der Waals surface area contributed by atoms with Gasteiger partial charge in [0.1, 0.15) is 11.6 Å². The minimum absolute atomic E-state index is 0.171. The van der Waals surface area contributed by atoms with Crippen LogP contribution in [0.1, 0.15) is 0 Å². The van der Waals surface area contributed by atoms with Crippen LogP contribution in [-0.2, 0) is 0 Å². The van der Waals surface area contributed by atoms with E-state index in [-0.39, 0.29) is 5.75 Å². The molecule has 3 aromatic heterocycles. The van der Waals surface area contributed by atoms with Crippen LogP contribution in [-0.4, -0.2) is 24.2 Å². The SMILES string of the molecule is Oc1ccccc1-c1nc2c(-c3cc(-c4ccccc4)cc(-c4nccc5c4c4ccccc4n5-c4ccccc4)c3)cccc2n1-c1ccccc1-c1ccccc1. The highest BCUT2D eigenvalue weighted by atomic mass is 16.3. The summed E-state index contributed by atoms with van der Waals surface area (Å²) in [5, 5.41) is 13.6. The van der Waals surface area contributed by atoms with Crippen molar-refractivity contribution in [3.8, 4) is 73.2 Å². The maximum atomic E-state index is 11.3. The van der Waals surface area contributed by atoms with E-state index in [0.29, 0.717) is 11.4 Å². The lowest BCUT2D eigenvalue weighted by atomic mass is 9.93. The number of imidazole rings is 1. The molecule has 0 aliphatic rings. The lowest BCUT2D eigenvalue weighted by Gasteiger charge is -2.15. The zero-order valence-electron chi connectivity index (χ0n) is 31.9. The molecule has 11 aromatic rings. The summed E-state index contributed by atoms with van der Waals surface area (Å²) < 4.78 is 4.53. The highest BCUT2D eigenvalue weighted by molar-refractivity contribution is 6.15. The molecule has 59 heavy (non-hydrogen) atoms. The number of para-hydroxylation sites is 5. The van der Waals surface area contributed by atoms with E-state index in [4.69, 9.17) is 9.97 Å². The summed E-state index contributed by atoms with van der Waals surface area (Å²) in [6.07, 6.45) is 1.93. The van der Waals surface area contributed by atoms with Crippen LogP contribution < -0.4 is 0 Å². The second-order valence-corrected chi connectivity index (χ2v) is 14.8. The quantitative estimate of drug-likeness (QED) is 0.176. The standard InChI is InChI=1S/C54H36N4O/c59-50-30-15-12-25-45(50)54-56-53-43(26-16-29-49(53)58(54)46-27-13-10-23-42(46)37-19-6-2-7-20-37)39-33-38(36-17-4-1-5-18-36)34-40(35-39)52-51-44-24-11-14-28-47(44)57(48(51)31-32-55-52)41-21-8-3-9-22-41/h1-35,59H. The summed E-state index contributed by atoms with van der Waals surface area (Å²) in [7, 11) is 0. The molecule has 278 valence electrons. The molecule has 0 atom stereocenters.